The average molecular weight is 273 g/mol. The zero-order valence-electron chi connectivity index (χ0n) is 11.5. The average Bonchev–Trinajstić information content (AvgIpc) is 2.45. The highest BCUT2D eigenvalue weighted by molar-refractivity contribution is 5.51. The molecule has 4 nitrogen and oxygen atoms in total. The highest BCUT2D eigenvalue weighted by Crippen LogP contribution is 2.30. The summed E-state index contributed by atoms with van der Waals surface area (Å²) >= 11 is 0. The van der Waals surface area contributed by atoms with E-state index < -0.39 is 0 Å². The molecule has 2 aromatic rings. The van der Waals surface area contributed by atoms with Gasteiger partial charge >= 0.3 is 0 Å². The number of benzene rings is 2. The van der Waals surface area contributed by atoms with Crippen molar-refractivity contribution in [2.45, 2.75) is 20.0 Å². The molecule has 0 unspecified atom stereocenters. The number of ether oxygens (including phenoxy) is 2. The van der Waals surface area contributed by atoms with Crippen LogP contribution >= 0.6 is 0 Å². The van der Waals surface area contributed by atoms with E-state index in [-0.39, 0.29) is 6.61 Å². The third kappa shape index (κ3) is 3.65. The minimum Gasteiger partial charge on any atom is -0.493 e. The second-order valence-corrected chi connectivity index (χ2v) is 4.45. The van der Waals surface area contributed by atoms with Crippen LogP contribution in [0, 0.1) is 0 Å². The molecule has 0 aromatic heterocycles. The summed E-state index contributed by atoms with van der Waals surface area (Å²) in [5.74, 6) is 1.89. The van der Waals surface area contributed by atoms with Gasteiger partial charge in [-0.3, -0.25) is 0 Å². The summed E-state index contributed by atoms with van der Waals surface area (Å²) < 4.78 is 11.3. The first-order chi connectivity index (χ1) is 9.72. The Morgan fingerprint density at radius 2 is 1.85 bits per heavy atom. The maximum atomic E-state index is 9.29. The molecule has 0 atom stereocenters. The second-order valence-electron chi connectivity index (χ2n) is 4.45. The third-order valence-corrected chi connectivity index (χ3v) is 2.75. The lowest BCUT2D eigenvalue weighted by atomic mass is 10.2. The predicted octanol–water partition coefficient (Wildman–Crippen LogP) is 3.34. The van der Waals surface area contributed by atoms with Crippen LogP contribution in [0.1, 0.15) is 18.9 Å². The number of nitrogen functional groups attached to an aromatic ring is 1. The number of aliphatic hydroxyl groups is 1. The summed E-state index contributed by atoms with van der Waals surface area (Å²) in [5.41, 5.74) is 7.15. The van der Waals surface area contributed by atoms with Crippen molar-refractivity contribution < 1.29 is 14.6 Å². The van der Waals surface area contributed by atoms with Gasteiger partial charge in [0.05, 0.1) is 13.2 Å². The Hall–Kier alpha value is -2.20. The molecule has 0 spiro atoms. The van der Waals surface area contributed by atoms with Gasteiger partial charge < -0.3 is 20.3 Å². The Balaban J connectivity index is 2.22. The zero-order chi connectivity index (χ0) is 14.4. The highest BCUT2D eigenvalue weighted by atomic mass is 16.5. The van der Waals surface area contributed by atoms with Crippen molar-refractivity contribution in [1.29, 1.82) is 0 Å². The first-order valence-electron chi connectivity index (χ1n) is 6.63. The van der Waals surface area contributed by atoms with Gasteiger partial charge in [0, 0.05) is 29.4 Å². The van der Waals surface area contributed by atoms with Gasteiger partial charge in [0.15, 0.2) is 0 Å². The zero-order valence-corrected chi connectivity index (χ0v) is 11.5. The standard InChI is InChI=1S/C16H19NO3/c1-2-7-19-14-8-13(17)9-15(10-14)20-16-6-4-3-5-12(16)11-18/h3-6,8-10,18H,2,7,11,17H2,1H3. The van der Waals surface area contributed by atoms with E-state index in [0.717, 1.165) is 12.0 Å². The maximum Gasteiger partial charge on any atom is 0.133 e. The smallest absolute Gasteiger partial charge is 0.133 e. The number of anilines is 1. The Kier molecular flexibility index (Phi) is 4.85. The first-order valence-corrected chi connectivity index (χ1v) is 6.63. The van der Waals surface area contributed by atoms with Gasteiger partial charge in [-0.05, 0) is 12.5 Å². The lowest BCUT2D eigenvalue weighted by molar-refractivity contribution is 0.276. The number of para-hydroxylation sites is 1. The van der Waals surface area contributed by atoms with Crippen LogP contribution in [0.5, 0.6) is 17.2 Å². The summed E-state index contributed by atoms with van der Waals surface area (Å²) in [5, 5.41) is 9.29. The van der Waals surface area contributed by atoms with E-state index in [4.69, 9.17) is 15.2 Å². The lowest BCUT2D eigenvalue weighted by Crippen LogP contribution is -1.97. The van der Waals surface area contributed by atoms with E-state index in [1.807, 2.05) is 25.1 Å². The molecule has 0 saturated carbocycles. The molecule has 0 saturated heterocycles. The SMILES string of the molecule is CCCOc1cc(N)cc(Oc2ccccc2CO)c1. The third-order valence-electron chi connectivity index (χ3n) is 2.75. The second kappa shape index (κ2) is 6.82. The van der Waals surface area contributed by atoms with Crippen molar-refractivity contribution in [3.8, 4) is 17.2 Å². The van der Waals surface area contributed by atoms with Crippen LogP contribution in [0.3, 0.4) is 0 Å². The van der Waals surface area contributed by atoms with Crippen LogP contribution in [0.15, 0.2) is 42.5 Å². The molecule has 2 rings (SSSR count). The van der Waals surface area contributed by atoms with Crippen molar-refractivity contribution in [2.24, 2.45) is 0 Å². The number of hydrogen-bond donors (Lipinski definition) is 2. The molecule has 20 heavy (non-hydrogen) atoms. The molecule has 0 fully saturated rings. The summed E-state index contributed by atoms with van der Waals surface area (Å²) in [4.78, 5) is 0. The first kappa shape index (κ1) is 14.2. The molecule has 0 bridgehead atoms. The summed E-state index contributed by atoms with van der Waals surface area (Å²) in [6.07, 6.45) is 0.929. The van der Waals surface area contributed by atoms with Crippen LogP contribution in [0.2, 0.25) is 0 Å². The molecule has 106 valence electrons. The van der Waals surface area contributed by atoms with Crippen molar-refractivity contribution in [3.63, 3.8) is 0 Å². The van der Waals surface area contributed by atoms with E-state index in [0.29, 0.717) is 29.5 Å². The highest BCUT2D eigenvalue weighted by Gasteiger charge is 2.06. The van der Waals surface area contributed by atoms with Gasteiger partial charge in [0.1, 0.15) is 17.2 Å². The van der Waals surface area contributed by atoms with E-state index in [9.17, 15) is 5.11 Å². The topological polar surface area (TPSA) is 64.7 Å². The Morgan fingerprint density at radius 3 is 2.60 bits per heavy atom. The van der Waals surface area contributed by atoms with Gasteiger partial charge in [-0.1, -0.05) is 25.1 Å². The molecular formula is C16H19NO3. The molecule has 0 radical (unpaired) electrons. The van der Waals surface area contributed by atoms with Gasteiger partial charge in [-0.25, -0.2) is 0 Å². The largest absolute Gasteiger partial charge is 0.493 e. The molecule has 0 heterocycles. The number of hydrogen-bond acceptors (Lipinski definition) is 4. The fourth-order valence-electron chi connectivity index (χ4n) is 1.82. The molecule has 0 aliphatic heterocycles. The molecule has 0 aliphatic rings. The molecule has 0 amide bonds. The van der Waals surface area contributed by atoms with Gasteiger partial charge in [0.2, 0.25) is 0 Å². The Labute approximate surface area is 118 Å². The molecular weight excluding hydrogens is 254 g/mol. The van der Waals surface area contributed by atoms with Crippen molar-refractivity contribution >= 4 is 5.69 Å². The van der Waals surface area contributed by atoms with E-state index >= 15 is 0 Å². The van der Waals surface area contributed by atoms with E-state index in [2.05, 4.69) is 0 Å². The molecule has 0 aliphatic carbocycles. The monoisotopic (exact) mass is 273 g/mol. The molecule has 3 N–H and O–H groups in total. The van der Waals surface area contributed by atoms with Gasteiger partial charge in [-0.15, -0.1) is 0 Å². The summed E-state index contributed by atoms with van der Waals surface area (Å²) in [7, 11) is 0. The van der Waals surface area contributed by atoms with Crippen molar-refractivity contribution in [3.05, 3.63) is 48.0 Å². The van der Waals surface area contributed by atoms with Crippen molar-refractivity contribution in [1.82, 2.24) is 0 Å². The summed E-state index contributed by atoms with van der Waals surface area (Å²) in [6.45, 7) is 2.61. The minimum absolute atomic E-state index is 0.0717. The van der Waals surface area contributed by atoms with Crippen LogP contribution in [-0.4, -0.2) is 11.7 Å². The van der Waals surface area contributed by atoms with Crippen LogP contribution in [0.25, 0.3) is 0 Å². The number of nitrogens with two attached hydrogens (primary N) is 1. The quantitative estimate of drug-likeness (QED) is 0.792. The van der Waals surface area contributed by atoms with Crippen molar-refractivity contribution in [2.75, 3.05) is 12.3 Å². The lowest BCUT2D eigenvalue weighted by Gasteiger charge is -2.12. The Morgan fingerprint density at radius 1 is 1.10 bits per heavy atom. The van der Waals surface area contributed by atoms with Crippen LogP contribution in [0.4, 0.5) is 5.69 Å². The van der Waals surface area contributed by atoms with Crippen LogP contribution in [-0.2, 0) is 6.61 Å². The molecule has 4 heteroatoms. The Bertz CT molecular complexity index is 569. The number of rotatable bonds is 6. The van der Waals surface area contributed by atoms with E-state index in [1.54, 1.807) is 24.3 Å². The van der Waals surface area contributed by atoms with Gasteiger partial charge in [0.25, 0.3) is 0 Å². The van der Waals surface area contributed by atoms with Crippen LogP contribution < -0.4 is 15.2 Å². The normalized spacial score (nSPS) is 10.3. The maximum absolute atomic E-state index is 9.29. The van der Waals surface area contributed by atoms with E-state index in [1.165, 1.54) is 0 Å². The predicted molar refractivity (Wildman–Crippen MR) is 79.1 cm³/mol. The van der Waals surface area contributed by atoms with Gasteiger partial charge in [-0.2, -0.15) is 0 Å². The number of aliphatic hydroxyl groups excluding tert-OH is 1. The fraction of sp³-hybridized carbons (Fsp3) is 0.250. The minimum atomic E-state index is -0.0717. The molecule has 2 aromatic carbocycles. The fourth-order valence-corrected chi connectivity index (χ4v) is 1.82. The summed E-state index contributed by atoms with van der Waals surface area (Å²) in [6, 6.07) is 12.6.